The summed E-state index contributed by atoms with van der Waals surface area (Å²) < 4.78 is 5.07. The van der Waals surface area contributed by atoms with Crippen LogP contribution in [0.5, 0.6) is 5.75 Å². The van der Waals surface area contributed by atoms with Gasteiger partial charge in [-0.05, 0) is 35.9 Å². The predicted molar refractivity (Wildman–Crippen MR) is 118 cm³/mol. The molecule has 7 N–H and O–H groups in total. The lowest BCUT2D eigenvalue weighted by Crippen LogP contribution is -2.46. The number of hydrogen-bond acceptors (Lipinski definition) is 7. The predicted octanol–water partition coefficient (Wildman–Crippen LogP) is 0.00580. The second-order valence-electron chi connectivity index (χ2n) is 6.68. The highest BCUT2D eigenvalue weighted by Gasteiger charge is 2.21. The third kappa shape index (κ3) is 8.57. The Bertz CT molecular complexity index is 1040. The monoisotopic (exact) mass is 457 g/mol. The van der Waals surface area contributed by atoms with E-state index in [0.717, 1.165) is 0 Å². The molecule has 12 heteroatoms. The van der Waals surface area contributed by atoms with E-state index in [0.29, 0.717) is 11.3 Å². The third-order valence-electron chi connectivity index (χ3n) is 4.17. The minimum Gasteiger partial charge on any atom is -0.482 e. The summed E-state index contributed by atoms with van der Waals surface area (Å²) in [5, 5.41) is 28.9. The average molecular weight is 457 g/mol. The van der Waals surface area contributed by atoms with Crippen molar-refractivity contribution in [2.75, 3.05) is 18.5 Å². The summed E-state index contributed by atoms with van der Waals surface area (Å²) in [4.78, 5) is 46.7. The fraction of sp³-hybridized carbons (Fsp3) is 0.190. The Labute approximate surface area is 188 Å². The van der Waals surface area contributed by atoms with Gasteiger partial charge < -0.3 is 36.7 Å². The first kappa shape index (κ1) is 24.7. The van der Waals surface area contributed by atoms with E-state index in [1.165, 1.54) is 30.6 Å². The lowest BCUT2D eigenvalue weighted by molar-refractivity contribution is -0.141. The number of carbonyl (C=O) groups excluding carboxylic acids is 2. The van der Waals surface area contributed by atoms with Crippen LogP contribution in [0.4, 0.5) is 5.69 Å². The van der Waals surface area contributed by atoms with E-state index in [9.17, 15) is 24.3 Å². The number of benzene rings is 2. The van der Waals surface area contributed by atoms with Crippen molar-refractivity contribution >= 4 is 35.8 Å². The molecule has 0 saturated carbocycles. The topological polar surface area (TPSA) is 192 Å². The molecule has 1 unspecified atom stereocenters. The summed E-state index contributed by atoms with van der Waals surface area (Å²) in [6.45, 7) is -0.978. The number of nitrogens with one attached hydrogen (secondary N) is 3. The molecule has 0 saturated heterocycles. The van der Waals surface area contributed by atoms with Crippen LogP contribution >= 0.6 is 0 Å². The first-order valence-corrected chi connectivity index (χ1v) is 9.60. The van der Waals surface area contributed by atoms with Gasteiger partial charge in [-0.15, -0.1) is 0 Å². The molecule has 0 fully saturated rings. The van der Waals surface area contributed by atoms with Crippen LogP contribution in [0.1, 0.15) is 15.9 Å². The molecule has 0 radical (unpaired) electrons. The number of nitrogens with zero attached hydrogens (tertiary/aromatic N) is 1. The van der Waals surface area contributed by atoms with Crippen molar-refractivity contribution in [2.45, 2.75) is 12.5 Å². The Morgan fingerprint density at radius 1 is 1.09 bits per heavy atom. The molecule has 2 rings (SSSR count). The summed E-state index contributed by atoms with van der Waals surface area (Å²) in [7, 11) is 0. The van der Waals surface area contributed by atoms with Crippen molar-refractivity contribution in [3.63, 3.8) is 0 Å². The fourth-order valence-electron chi connectivity index (χ4n) is 2.71. The second-order valence-corrected chi connectivity index (χ2v) is 6.68. The third-order valence-corrected chi connectivity index (χ3v) is 4.17. The van der Waals surface area contributed by atoms with Crippen molar-refractivity contribution in [2.24, 2.45) is 10.9 Å². The van der Waals surface area contributed by atoms with Gasteiger partial charge in [0.1, 0.15) is 18.1 Å². The average Bonchev–Trinajstić information content (AvgIpc) is 2.79. The standard InChI is InChI=1S/C21H23N5O7/c22-25-12-24-15-5-2-4-14(9-15)20(30)23-10-18(27)26-17(21(31)32)8-13-3-1-6-16(7-13)33-11-19(28)29/h1-7,9,12,17H,8,10-11,22H2,(H,23,30)(H,24,25)(H,26,27)(H,28,29)(H,31,32). The SMILES string of the molecule is NN=CNc1cccc(C(=O)NCC(=O)NC(Cc2cccc(OCC(=O)O)c2)C(=O)O)c1. The van der Waals surface area contributed by atoms with Crippen LogP contribution in [0.15, 0.2) is 53.6 Å². The number of carboxylic acid groups (broad SMARTS) is 2. The fourth-order valence-corrected chi connectivity index (χ4v) is 2.71. The summed E-state index contributed by atoms with van der Waals surface area (Å²) >= 11 is 0. The van der Waals surface area contributed by atoms with Crippen molar-refractivity contribution in [1.82, 2.24) is 10.6 Å². The van der Waals surface area contributed by atoms with Crippen molar-refractivity contribution in [3.05, 3.63) is 59.7 Å². The molecule has 0 spiro atoms. The molecule has 12 nitrogen and oxygen atoms in total. The van der Waals surface area contributed by atoms with Gasteiger partial charge in [-0.2, -0.15) is 5.10 Å². The highest BCUT2D eigenvalue weighted by atomic mass is 16.5. The van der Waals surface area contributed by atoms with Crippen LogP contribution in [0.2, 0.25) is 0 Å². The quantitative estimate of drug-likeness (QED) is 0.110. The Hall–Kier alpha value is -4.61. The highest BCUT2D eigenvalue weighted by Crippen LogP contribution is 2.15. The number of nitrogens with two attached hydrogens (primary N) is 1. The first-order chi connectivity index (χ1) is 15.8. The van der Waals surface area contributed by atoms with Crippen LogP contribution in [-0.4, -0.2) is 59.5 Å². The molecule has 0 aliphatic carbocycles. The second kappa shape index (κ2) is 12.3. The summed E-state index contributed by atoms with van der Waals surface area (Å²) in [5.41, 5.74) is 1.34. The van der Waals surface area contributed by atoms with Gasteiger partial charge in [0.2, 0.25) is 5.91 Å². The van der Waals surface area contributed by atoms with Crippen LogP contribution in [0.3, 0.4) is 0 Å². The lowest BCUT2D eigenvalue weighted by atomic mass is 10.1. The number of carboxylic acids is 2. The molecule has 0 bridgehead atoms. The number of hydrazone groups is 1. The first-order valence-electron chi connectivity index (χ1n) is 9.60. The largest absolute Gasteiger partial charge is 0.482 e. The molecule has 2 amide bonds. The number of carbonyl (C=O) groups is 4. The Morgan fingerprint density at radius 2 is 1.85 bits per heavy atom. The van der Waals surface area contributed by atoms with Crippen molar-refractivity contribution in [1.29, 1.82) is 0 Å². The molecular formula is C21H23N5O7. The maximum Gasteiger partial charge on any atom is 0.341 e. The number of aliphatic carboxylic acids is 2. The maximum atomic E-state index is 12.3. The Kier molecular flexibility index (Phi) is 9.19. The van der Waals surface area contributed by atoms with Crippen molar-refractivity contribution < 1.29 is 34.1 Å². The zero-order chi connectivity index (χ0) is 24.2. The smallest absolute Gasteiger partial charge is 0.341 e. The molecule has 0 aliphatic rings. The molecule has 2 aromatic carbocycles. The van der Waals surface area contributed by atoms with Crippen LogP contribution in [-0.2, 0) is 20.8 Å². The Balaban J connectivity index is 1.93. The van der Waals surface area contributed by atoms with Crippen molar-refractivity contribution in [3.8, 4) is 5.75 Å². The number of amides is 2. The molecule has 1 atom stereocenters. The van der Waals surface area contributed by atoms with E-state index in [4.69, 9.17) is 15.7 Å². The molecule has 174 valence electrons. The Morgan fingerprint density at radius 3 is 2.55 bits per heavy atom. The summed E-state index contributed by atoms with van der Waals surface area (Å²) in [6, 6.07) is 11.3. The van der Waals surface area contributed by atoms with E-state index in [1.54, 1.807) is 24.3 Å². The molecule has 0 heterocycles. The van der Waals surface area contributed by atoms with Gasteiger partial charge in [-0.3, -0.25) is 9.59 Å². The van der Waals surface area contributed by atoms with E-state index >= 15 is 0 Å². The molecule has 33 heavy (non-hydrogen) atoms. The molecule has 0 aromatic heterocycles. The van der Waals surface area contributed by atoms with Crippen LogP contribution < -0.4 is 26.5 Å². The van der Waals surface area contributed by atoms with Gasteiger partial charge in [0.25, 0.3) is 5.91 Å². The van der Waals surface area contributed by atoms with Gasteiger partial charge in [-0.25, -0.2) is 9.59 Å². The zero-order valence-corrected chi connectivity index (χ0v) is 17.4. The summed E-state index contributed by atoms with van der Waals surface area (Å²) in [6.07, 6.45) is 1.17. The molecular weight excluding hydrogens is 434 g/mol. The van der Waals surface area contributed by atoms with E-state index in [-0.39, 0.29) is 17.7 Å². The van der Waals surface area contributed by atoms with Gasteiger partial charge in [-0.1, -0.05) is 18.2 Å². The lowest BCUT2D eigenvalue weighted by Gasteiger charge is -2.15. The van der Waals surface area contributed by atoms with Gasteiger partial charge in [0.15, 0.2) is 6.61 Å². The number of ether oxygens (including phenoxy) is 1. The number of rotatable bonds is 12. The van der Waals surface area contributed by atoms with Crippen LogP contribution in [0.25, 0.3) is 0 Å². The van der Waals surface area contributed by atoms with E-state index in [1.807, 2.05) is 0 Å². The van der Waals surface area contributed by atoms with E-state index in [2.05, 4.69) is 21.1 Å². The van der Waals surface area contributed by atoms with Crippen LogP contribution in [0, 0.1) is 0 Å². The van der Waals surface area contributed by atoms with Gasteiger partial charge in [0.05, 0.1) is 6.54 Å². The van der Waals surface area contributed by atoms with Gasteiger partial charge >= 0.3 is 11.9 Å². The molecule has 2 aromatic rings. The zero-order valence-electron chi connectivity index (χ0n) is 17.4. The molecule has 0 aliphatic heterocycles. The normalized spacial score (nSPS) is 11.4. The number of anilines is 1. The number of hydrogen-bond donors (Lipinski definition) is 6. The maximum absolute atomic E-state index is 12.3. The van der Waals surface area contributed by atoms with E-state index < -0.39 is 42.9 Å². The highest BCUT2D eigenvalue weighted by molar-refractivity contribution is 5.98. The van der Waals surface area contributed by atoms with Gasteiger partial charge in [0, 0.05) is 17.7 Å². The minimum absolute atomic E-state index is 0.0737. The summed E-state index contributed by atoms with van der Waals surface area (Å²) in [5.74, 6) is 1.62. The minimum atomic E-state index is -1.27.